The predicted molar refractivity (Wildman–Crippen MR) is 165 cm³/mol. The Morgan fingerprint density at radius 3 is 2.55 bits per heavy atom. The van der Waals surface area contributed by atoms with E-state index in [4.69, 9.17) is 10.5 Å². The fourth-order valence-corrected chi connectivity index (χ4v) is 9.31. The summed E-state index contributed by atoms with van der Waals surface area (Å²) in [5, 5.41) is 42.4. The Balaban J connectivity index is 1.22. The Morgan fingerprint density at radius 2 is 1.84 bits per heavy atom. The largest absolute Gasteiger partial charge is 0.398 e. The third-order valence-corrected chi connectivity index (χ3v) is 11.4. The average molecular weight is 602 g/mol. The lowest BCUT2D eigenvalue weighted by molar-refractivity contribution is -0.167. The summed E-state index contributed by atoms with van der Waals surface area (Å²) in [6, 6.07) is 13.0. The first-order valence-electron chi connectivity index (χ1n) is 15.6. The molecule has 0 amide bonds. The molecule has 3 fully saturated rings. The number of carbonyl (C=O) groups is 2. The third kappa shape index (κ3) is 5.16. The molecule has 2 aromatic rings. The van der Waals surface area contributed by atoms with Gasteiger partial charge >= 0.3 is 0 Å². The number of carbonyl (C=O) groups excluding carboxylic acids is 2. The van der Waals surface area contributed by atoms with E-state index < -0.39 is 41.9 Å². The van der Waals surface area contributed by atoms with E-state index in [9.17, 15) is 30.0 Å². The van der Waals surface area contributed by atoms with Crippen LogP contribution in [0.2, 0.25) is 0 Å². The molecular weight excluding hydrogens is 558 g/mol. The lowest BCUT2D eigenvalue weighted by Crippen LogP contribution is -2.56. The molecule has 9 atom stereocenters. The Hall–Kier alpha value is -3.14. The van der Waals surface area contributed by atoms with Gasteiger partial charge in [0.15, 0.2) is 17.9 Å². The van der Waals surface area contributed by atoms with Gasteiger partial charge in [0.2, 0.25) is 0 Å². The van der Waals surface area contributed by atoms with E-state index in [-0.39, 0.29) is 35.9 Å². The zero-order chi connectivity index (χ0) is 31.4. The average Bonchev–Trinajstić information content (AvgIpc) is 3.29. The number of hydrogen-bond donors (Lipinski definition) is 5. The second kappa shape index (κ2) is 11.7. The van der Waals surface area contributed by atoms with Gasteiger partial charge < -0.3 is 30.9 Å². The number of ketones is 2. The number of anilines is 1. The van der Waals surface area contributed by atoms with Gasteiger partial charge in [-0.1, -0.05) is 61.9 Å². The number of nitrogens with two attached hydrogens (primary N) is 1. The SMILES string of the molecule is C[C@]12C[C@H](O)[C@H]3[C@@H](CCC4=CC(=O)C=C[C@@]43C)[C@@H]1C[C@@H](O[C@H](O)c1ccc(Cc3ccc(N)c(CO)c3)cc1)[C@@H]2C(=O)CO. The molecule has 3 saturated carbocycles. The summed E-state index contributed by atoms with van der Waals surface area (Å²) in [6.45, 7) is 3.39. The molecule has 8 heteroatoms. The molecule has 0 aliphatic heterocycles. The molecule has 6 rings (SSSR count). The van der Waals surface area contributed by atoms with Crippen molar-refractivity contribution in [2.45, 2.75) is 71.1 Å². The molecule has 0 heterocycles. The van der Waals surface area contributed by atoms with E-state index in [1.807, 2.05) is 49.4 Å². The van der Waals surface area contributed by atoms with Crippen LogP contribution in [-0.2, 0) is 27.4 Å². The molecular formula is C36H43NO7. The molecule has 0 unspecified atom stereocenters. The molecule has 2 aromatic carbocycles. The van der Waals surface area contributed by atoms with Gasteiger partial charge in [-0.05, 0) is 78.7 Å². The van der Waals surface area contributed by atoms with Crippen LogP contribution >= 0.6 is 0 Å². The fourth-order valence-electron chi connectivity index (χ4n) is 9.31. The molecule has 0 aromatic heterocycles. The Kier molecular flexibility index (Phi) is 8.18. The van der Waals surface area contributed by atoms with Crippen molar-refractivity contribution in [3.05, 3.63) is 88.5 Å². The van der Waals surface area contributed by atoms with Crippen LogP contribution in [0.5, 0.6) is 0 Å². The molecule has 0 spiro atoms. The van der Waals surface area contributed by atoms with Crippen molar-refractivity contribution in [2.75, 3.05) is 12.3 Å². The zero-order valence-electron chi connectivity index (χ0n) is 25.4. The summed E-state index contributed by atoms with van der Waals surface area (Å²) in [4.78, 5) is 25.5. The van der Waals surface area contributed by atoms with Crippen LogP contribution in [0, 0.1) is 34.5 Å². The van der Waals surface area contributed by atoms with E-state index in [2.05, 4.69) is 6.92 Å². The van der Waals surface area contributed by atoms with Crippen LogP contribution in [-0.4, -0.2) is 50.8 Å². The number of allylic oxidation sites excluding steroid dienone is 4. The van der Waals surface area contributed by atoms with Gasteiger partial charge in [-0.25, -0.2) is 0 Å². The number of hydrogen-bond acceptors (Lipinski definition) is 8. The molecule has 44 heavy (non-hydrogen) atoms. The van der Waals surface area contributed by atoms with Crippen LogP contribution in [0.15, 0.2) is 66.3 Å². The second-order valence-corrected chi connectivity index (χ2v) is 13.8. The van der Waals surface area contributed by atoms with Crippen molar-refractivity contribution in [1.29, 1.82) is 0 Å². The van der Waals surface area contributed by atoms with Gasteiger partial charge in [0, 0.05) is 28.1 Å². The number of benzene rings is 2. The molecule has 0 radical (unpaired) electrons. The number of nitrogen functional groups attached to an aromatic ring is 1. The van der Waals surface area contributed by atoms with Crippen molar-refractivity contribution >= 4 is 17.3 Å². The van der Waals surface area contributed by atoms with Gasteiger partial charge in [-0.3, -0.25) is 9.59 Å². The van der Waals surface area contributed by atoms with Crippen molar-refractivity contribution < 1.29 is 34.8 Å². The van der Waals surface area contributed by atoms with Crippen molar-refractivity contribution in [3.63, 3.8) is 0 Å². The van der Waals surface area contributed by atoms with Crippen LogP contribution in [0.25, 0.3) is 0 Å². The summed E-state index contributed by atoms with van der Waals surface area (Å²) in [5.41, 5.74) is 9.76. The number of fused-ring (bicyclic) bond motifs is 5. The highest BCUT2D eigenvalue weighted by molar-refractivity contribution is 6.01. The quantitative estimate of drug-likeness (QED) is 0.227. The smallest absolute Gasteiger partial charge is 0.181 e. The molecule has 6 N–H and O–H groups in total. The van der Waals surface area contributed by atoms with Gasteiger partial charge in [0.25, 0.3) is 0 Å². The van der Waals surface area contributed by atoms with E-state index in [1.165, 1.54) is 0 Å². The first-order valence-corrected chi connectivity index (χ1v) is 15.6. The lowest BCUT2D eigenvalue weighted by atomic mass is 9.46. The molecule has 0 saturated heterocycles. The topological polar surface area (TPSA) is 150 Å². The standard InChI is InChI=1S/C36H43NO7/c1-35-12-11-25(40)15-24(35)8-9-26-27-16-31(33(30(42)19-39)36(27,2)17-29(41)32(26)35)44-34(43)22-6-3-20(4-7-22)13-21-5-10-28(37)23(14-21)18-38/h3-7,10-12,14-15,26-27,29,31-34,38-39,41,43H,8-9,13,16-19,37H2,1-2H3/t26-,27-,29-,31+,32+,33-,34-,35-,36-/m0/s1. The van der Waals surface area contributed by atoms with Crippen molar-refractivity contribution in [3.8, 4) is 0 Å². The minimum absolute atomic E-state index is 0.0166. The maximum Gasteiger partial charge on any atom is 0.181 e. The summed E-state index contributed by atoms with van der Waals surface area (Å²) in [5.74, 6) is -0.963. The maximum absolute atomic E-state index is 13.3. The predicted octanol–water partition coefficient (Wildman–Crippen LogP) is 3.79. The lowest BCUT2D eigenvalue weighted by Gasteiger charge is -2.58. The highest BCUT2D eigenvalue weighted by atomic mass is 16.6. The minimum atomic E-state index is -1.27. The minimum Gasteiger partial charge on any atom is -0.398 e. The van der Waals surface area contributed by atoms with E-state index in [0.29, 0.717) is 36.1 Å². The Morgan fingerprint density at radius 1 is 1.11 bits per heavy atom. The summed E-state index contributed by atoms with van der Waals surface area (Å²) >= 11 is 0. The summed E-state index contributed by atoms with van der Waals surface area (Å²) in [6.07, 6.45) is 5.82. The normalized spacial score (nSPS) is 35.0. The van der Waals surface area contributed by atoms with Crippen LogP contribution in [0.1, 0.15) is 68.1 Å². The third-order valence-electron chi connectivity index (χ3n) is 11.4. The number of Topliss-reactive ketones (excluding diaryl/α,β-unsaturated/α-hetero) is 1. The molecule has 0 bridgehead atoms. The Labute approximate surface area is 258 Å². The first-order chi connectivity index (χ1) is 21.0. The van der Waals surface area contributed by atoms with Crippen LogP contribution in [0.4, 0.5) is 5.69 Å². The van der Waals surface area contributed by atoms with Gasteiger partial charge in [0.1, 0.15) is 6.61 Å². The van der Waals surface area contributed by atoms with Gasteiger partial charge in [-0.15, -0.1) is 0 Å². The number of aliphatic hydroxyl groups is 4. The van der Waals surface area contributed by atoms with Crippen molar-refractivity contribution in [1.82, 2.24) is 0 Å². The summed E-state index contributed by atoms with van der Waals surface area (Å²) < 4.78 is 6.28. The highest BCUT2D eigenvalue weighted by Gasteiger charge is 2.65. The number of aliphatic hydroxyl groups excluding tert-OH is 4. The monoisotopic (exact) mass is 601 g/mol. The molecule has 4 aliphatic rings. The molecule has 8 nitrogen and oxygen atoms in total. The second-order valence-electron chi connectivity index (χ2n) is 13.8. The Bertz CT molecular complexity index is 1500. The molecule has 4 aliphatic carbocycles. The number of rotatable bonds is 8. The van der Waals surface area contributed by atoms with E-state index in [1.54, 1.807) is 18.2 Å². The van der Waals surface area contributed by atoms with Crippen LogP contribution in [0.3, 0.4) is 0 Å². The van der Waals surface area contributed by atoms with Crippen LogP contribution < -0.4 is 5.73 Å². The van der Waals surface area contributed by atoms with E-state index in [0.717, 1.165) is 29.5 Å². The highest BCUT2D eigenvalue weighted by Crippen LogP contribution is 2.66. The maximum atomic E-state index is 13.3. The molecule has 234 valence electrons. The fraction of sp³-hybridized carbons (Fsp3) is 0.500. The van der Waals surface area contributed by atoms with Gasteiger partial charge in [0.05, 0.1) is 24.7 Å². The van der Waals surface area contributed by atoms with Crippen molar-refractivity contribution in [2.24, 2.45) is 34.5 Å². The van der Waals surface area contributed by atoms with Gasteiger partial charge in [-0.2, -0.15) is 0 Å². The summed E-state index contributed by atoms with van der Waals surface area (Å²) in [7, 11) is 0. The zero-order valence-corrected chi connectivity index (χ0v) is 25.4. The first kappa shape index (κ1) is 30.9. The van der Waals surface area contributed by atoms with E-state index >= 15 is 0 Å². The number of ether oxygens (including phenoxy) is 1.